The predicted octanol–water partition coefficient (Wildman–Crippen LogP) is 3.22. The number of carbonyl (C=O) groups is 2. The topological polar surface area (TPSA) is 63.6 Å². The highest BCUT2D eigenvalue weighted by molar-refractivity contribution is 6.29. The van der Waals surface area contributed by atoms with Gasteiger partial charge in [-0.25, -0.2) is 0 Å². The van der Waals surface area contributed by atoms with Crippen LogP contribution < -0.4 is 0 Å². The Kier molecular flexibility index (Phi) is 4.31. The summed E-state index contributed by atoms with van der Waals surface area (Å²) in [5.41, 5.74) is -0.331. The van der Waals surface area contributed by atoms with Crippen LogP contribution in [0.2, 0.25) is 0 Å². The van der Waals surface area contributed by atoms with Crippen molar-refractivity contribution >= 4 is 17.6 Å². The number of rotatable bonds is 3. The van der Waals surface area contributed by atoms with E-state index in [9.17, 15) is 14.7 Å². The number of ketones is 2. The van der Waals surface area contributed by atoms with Crippen LogP contribution in [-0.4, -0.2) is 23.8 Å². The van der Waals surface area contributed by atoms with Crippen LogP contribution in [0.15, 0.2) is 59.6 Å². The van der Waals surface area contributed by atoms with Gasteiger partial charge in [0.2, 0.25) is 0 Å². The van der Waals surface area contributed by atoms with Crippen molar-refractivity contribution in [2.45, 2.75) is 13.8 Å². The normalized spacial score (nSPS) is 20.0. The Morgan fingerprint density at radius 2 is 1.82 bits per heavy atom. The Morgan fingerprint density at radius 3 is 2.41 bits per heavy atom. The van der Waals surface area contributed by atoms with E-state index in [-0.39, 0.29) is 11.3 Å². The molecule has 1 aromatic rings. The molecule has 4 nitrogen and oxygen atoms in total. The van der Waals surface area contributed by atoms with E-state index in [1.54, 1.807) is 19.9 Å². The summed E-state index contributed by atoms with van der Waals surface area (Å²) < 4.78 is 5.10. The third-order valence-corrected chi connectivity index (χ3v) is 3.63. The Bertz CT molecular complexity index is 691. The lowest BCUT2D eigenvalue weighted by Crippen LogP contribution is -2.36. The average molecular weight is 298 g/mol. The number of carbonyl (C=O) groups excluding carboxylic acids is 2. The number of methoxy groups -OCH3 is 1. The van der Waals surface area contributed by atoms with E-state index in [2.05, 4.69) is 0 Å². The maximum Gasteiger partial charge on any atom is 0.196 e. The zero-order valence-electron chi connectivity index (χ0n) is 12.8. The monoisotopic (exact) mass is 298 g/mol. The maximum atomic E-state index is 12.5. The van der Waals surface area contributed by atoms with Gasteiger partial charge in [0.15, 0.2) is 11.6 Å². The zero-order chi connectivity index (χ0) is 16.3. The van der Waals surface area contributed by atoms with Crippen LogP contribution in [0.1, 0.15) is 19.4 Å². The van der Waals surface area contributed by atoms with E-state index < -0.39 is 17.0 Å². The fourth-order valence-corrected chi connectivity index (χ4v) is 2.29. The summed E-state index contributed by atoms with van der Waals surface area (Å²) in [5, 5.41) is 10.1. The van der Waals surface area contributed by atoms with Crippen molar-refractivity contribution in [1.82, 2.24) is 0 Å². The largest absolute Gasteiger partial charge is 0.507 e. The molecule has 2 rings (SSSR count). The van der Waals surface area contributed by atoms with Crippen molar-refractivity contribution in [2.75, 3.05) is 7.11 Å². The van der Waals surface area contributed by atoms with Gasteiger partial charge in [-0.3, -0.25) is 9.59 Å². The zero-order valence-corrected chi connectivity index (χ0v) is 12.8. The molecular weight excluding hydrogens is 280 g/mol. The van der Waals surface area contributed by atoms with Gasteiger partial charge in [-0.2, -0.15) is 0 Å². The minimum Gasteiger partial charge on any atom is -0.507 e. The molecule has 1 N–H and O–H groups in total. The van der Waals surface area contributed by atoms with Gasteiger partial charge in [-0.05, 0) is 25.5 Å². The summed E-state index contributed by atoms with van der Waals surface area (Å²) in [6.07, 6.45) is 4.26. The molecule has 0 aliphatic heterocycles. The van der Waals surface area contributed by atoms with Crippen molar-refractivity contribution in [3.8, 4) is 0 Å². The van der Waals surface area contributed by atoms with Crippen LogP contribution >= 0.6 is 0 Å². The first kappa shape index (κ1) is 15.8. The first-order chi connectivity index (χ1) is 10.4. The Labute approximate surface area is 129 Å². The lowest BCUT2D eigenvalue weighted by atomic mass is 9.76. The number of hydrogen-bond acceptors (Lipinski definition) is 4. The van der Waals surface area contributed by atoms with Crippen LogP contribution in [0.4, 0.5) is 0 Å². The summed E-state index contributed by atoms with van der Waals surface area (Å²) in [4.78, 5) is 24.6. The number of hydrogen-bond donors (Lipinski definition) is 1. The molecule has 0 radical (unpaired) electrons. The first-order valence-electron chi connectivity index (χ1n) is 6.89. The van der Waals surface area contributed by atoms with Gasteiger partial charge in [0.05, 0.1) is 12.5 Å². The summed E-state index contributed by atoms with van der Waals surface area (Å²) in [5.74, 6) is -1.03. The van der Waals surface area contributed by atoms with Gasteiger partial charge < -0.3 is 9.84 Å². The van der Waals surface area contributed by atoms with Crippen LogP contribution in [0, 0.1) is 5.41 Å². The molecule has 4 heteroatoms. The van der Waals surface area contributed by atoms with Crippen LogP contribution in [0.3, 0.4) is 0 Å². The SMILES string of the molecule is COC1=CC(=O)C(=C(O)C=Cc2ccccc2)C(=O)C1(C)C. The molecule has 1 aromatic carbocycles. The summed E-state index contributed by atoms with van der Waals surface area (Å²) in [6, 6.07) is 9.30. The molecule has 0 aromatic heterocycles. The van der Waals surface area contributed by atoms with Crippen LogP contribution in [0.25, 0.3) is 6.08 Å². The van der Waals surface area contributed by atoms with Crippen molar-refractivity contribution in [1.29, 1.82) is 0 Å². The smallest absolute Gasteiger partial charge is 0.196 e. The number of allylic oxidation sites excluding steroid dienone is 4. The molecule has 1 aliphatic rings. The Morgan fingerprint density at radius 1 is 1.18 bits per heavy atom. The maximum absolute atomic E-state index is 12.5. The van der Waals surface area contributed by atoms with Gasteiger partial charge in [0.1, 0.15) is 17.1 Å². The molecule has 0 saturated heterocycles. The number of Topliss-reactive ketones (excluding diaryl/α,β-unsaturated/α-hetero) is 1. The van der Waals surface area contributed by atoms with Gasteiger partial charge in [0.25, 0.3) is 0 Å². The molecule has 0 fully saturated rings. The Balaban J connectivity index is 2.42. The molecule has 114 valence electrons. The fourth-order valence-electron chi connectivity index (χ4n) is 2.29. The summed E-state index contributed by atoms with van der Waals surface area (Å²) >= 11 is 0. The van der Waals surface area contributed by atoms with Crippen molar-refractivity contribution in [3.05, 3.63) is 65.1 Å². The second-order valence-electron chi connectivity index (χ2n) is 5.54. The Hall–Kier alpha value is -2.62. The second kappa shape index (κ2) is 6.02. The van der Waals surface area contributed by atoms with E-state index in [1.165, 1.54) is 19.3 Å². The molecule has 0 saturated carbocycles. The molecule has 0 amide bonds. The highest BCUT2D eigenvalue weighted by atomic mass is 16.5. The molecule has 0 spiro atoms. The minimum atomic E-state index is -0.980. The molecule has 0 atom stereocenters. The minimum absolute atomic E-state index is 0.210. The molecular formula is C18H18O4. The van der Waals surface area contributed by atoms with Crippen molar-refractivity contribution in [3.63, 3.8) is 0 Å². The fraction of sp³-hybridized carbons (Fsp3) is 0.222. The van der Waals surface area contributed by atoms with Gasteiger partial charge in [-0.1, -0.05) is 36.4 Å². The second-order valence-corrected chi connectivity index (χ2v) is 5.54. The van der Waals surface area contributed by atoms with Crippen molar-refractivity contribution in [2.24, 2.45) is 5.41 Å². The third kappa shape index (κ3) is 2.86. The molecule has 0 unspecified atom stereocenters. The van der Waals surface area contributed by atoms with Crippen molar-refractivity contribution < 1.29 is 19.4 Å². The van der Waals surface area contributed by atoms with E-state index in [0.29, 0.717) is 5.76 Å². The number of benzene rings is 1. The predicted molar refractivity (Wildman–Crippen MR) is 84.0 cm³/mol. The summed E-state index contributed by atoms with van der Waals surface area (Å²) in [6.45, 7) is 3.32. The molecule has 0 heterocycles. The number of aliphatic hydroxyl groups is 1. The third-order valence-electron chi connectivity index (χ3n) is 3.63. The highest BCUT2D eigenvalue weighted by Gasteiger charge is 2.43. The average Bonchev–Trinajstić information content (AvgIpc) is 2.50. The van der Waals surface area contributed by atoms with E-state index in [0.717, 1.165) is 5.56 Å². The summed E-state index contributed by atoms with van der Waals surface area (Å²) in [7, 11) is 1.41. The van der Waals surface area contributed by atoms with Gasteiger partial charge in [-0.15, -0.1) is 0 Å². The standard InChI is InChI=1S/C18H18O4/c1-18(2)15(22-3)11-14(20)16(17(18)21)13(19)10-9-12-7-5-4-6-8-12/h4-11,19H,1-3H3. The molecule has 1 aliphatic carbocycles. The van der Waals surface area contributed by atoms with Crippen LogP contribution in [0.5, 0.6) is 0 Å². The number of ether oxygens (including phenoxy) is 1. The van der Waals surface area contributed by atoms with E-state index in [4.69, 9.17) is 4.74 Å². The van der Waals surface area contributed by atoms with E-state index >= 15 is 0 Å². The lowest BCUT2D eigenvalue weighted by Gasteiger charge is -2.29. The van der Waals surface area contributed by atoms with E-state index in [1.807, 2.05) is 30.3 Å². The quantitative estimate of drug-likeness (QED) is 0.528. The highest BCUT2D eigenvalue weighted by Crippen LogP contribution is 2.36. The number of aliphatic hydroxyl groups excluding tert-OH is 1. The first-order valence-corrected chi connectivity index (χ1v) is 6.89. The molecule has 0 bridgehead atoms. The lowest BCUT2D eigenvalue weighted by molar-refractivity contribution is -0.127. The van der Waals surface area contributed by atoms with Crippen LogP contribution in [-0.2, 0) is 14.3 Å². The van der Waals surface area contributed by atoms with Gasteiger partial charge in [0, 0.05) is 6.08 Å². The van der Waals surface area contributed by atoms with Gasteiger partial charge >= 0.3 is 0 Å². The molecule has 22 heavy (non-hydrogen) atoms.